The second-order valence-corrected chi connectivity index (χ2v) is 6.17. The molecule has 0 fully saturated rings. The van der Waals surface area contributed by atoms with Crippen molar-refractivity contribution in [3.63, 3.8) is 0 Å². The molecule has 2 aromatic carbocycles. The molecular formula is C22H25NO6. The van der Waals surface area contributed by atoms with Crippen LogP contribution in [0.4, 0.5) is 5.69 Å². The van der Waals surface area contributed by atoms with E-state index in [0.717, 1.165) is 0 Å². The van der Waals surface area contributed by atoms with Crippen molar-refractivity contribution >= 4 is 23.3 Å². The monoisotopic (exact) mass is 399 g/mol. The van der Waals surface area contributed by atoms with E-state index in [1.165, 1.54) is 19.9 Å². The van der Waals surface area contributed by atoms with E-state index in [1.807, 2.05) is 13.8 Å². The summed E-state index contributed by atoms with van der Waals surface area (Å²) in [5.74, 6) is -0.434. The minimum Gasteiger partial charge on any atom is -0.490 e. The molecular weight excluding hydrogens is 374 g/mol. The lowest BCUT2D eigenvalue weighted by molar-refractivity contribution is -0.123. The van der Waals surface area contributed by atoms with Crippen molar-refractivity contribution in [1.82, 2.24) is 0 Å². The number of hydrogen-bond acceptors (Lipinski definition) is 6. The summed E-state index contributed by atoms with van der Waals surface area (Å²) in [4.78, 5) is 36.6. The maximum Gasteiger partial charge on any atom is 0.339 e. The summed E-state index contributed by atoms with van der Waals surface area (Å²) in [5, 5.41) is 2.62. The number of amides is 1. The molecule has 0 spiro atoms. The first-order valence-electron chi connectivity index (χ1n) is 9.38. The molecule has 1 amide bonds. The number of para-hydroxylation sites is 1. The molecule has 0 radical (unpaired) electrons. The summed E-state index contributed by atoms with van der Waals surface area (Å²) in [6, 6.07) is 11.3. The van der Waals surface area contributed by atoms with Gasteiger partial charge in [-0.05, 0) is 58.0 Å². The Morgan fingerprint density at radius 3 is 2.28 bits per heavy atom. The van der Waals surface area contributed by atoms with Crippen LogP contribution in [0, 0.1) is 0 Å². The number of anilines is 1. The highest BCUT2D eigenvalue weighted by atomic mass is 16.5. The predicted octanol–water partition coefficient (Wildman–Crippen LogP) is 3.87. The third-order valence-electron chi connectivity index (χ3n) is 4.00. The lowest BCUT2D eigenvalue weighted by atomic mass is 10.1. The summed E-state index contributed by atoms with van der Waals surface area (Å²) in [7, 11) is 0. The van der Waals surface area contributed by atoms with Gasteiger partial charge in [0.2, 0.25) is 0 Å². The van der Waals surface area contributed by atoms with Crippen LogP contribution in [-0.2, 0) is 9.53 Å². The second-order valence-electron chi connectivity index (χ2n) is 6.17. The van der Waals surface area contributed by atoms with Crippen molar-refractivity contribution in [3.8, 4) is 11.5 Å². The molecule has 7 heteroatoms. The molecule has 0 saturated carbocycles. The lowest BCUT2D eigenvalue weighted by Crippen LogP contribution is -2.30. The van der Waals surface area contributed by atoms with Crippen LogP contribution in [-0.4, -0.2) is 37.0 Å². The first-order valence-corrected chi connectivity index (χ1v) is 9.38. The smallest absolute Gasteiger partial charge is 0.339 e. The minimum atomic E-state index is -1.07. The molecule has 1 N–H and O–H groups in total. The van der Waals surface area contributed by atoms with Crippen LogP contribution in [0.15, 0.2) is 42.5 Å². The third kappa shape index (κ3) is 5.81. The Balaban J connectivity index is 2.09. The average Bonchev–Trinajstić information content (AvgIpc) is 2.69. The van der Waals surface area contributed by atoms with E-state index in [4.69, 9.17) is 14.2 Å². The number of ketones is 1. The van der Waals surface area contributed by atoms with Crippen molar-refractivity contribution in [3.05, 3.63) is 53.6 Å². The van der Waals surface area contributed by atoms with E-state index in [9.17, 15) is 14.4 Å². The van der Waals surface area contributed by atoms with Crippen molar-refractivity contribution in [2.75, 3.05) is 18.5 Å². The average molecular weight is 399 g/mol. The van der Waals surface area contributed by atoms with Gasteiger partial charge in [-0.1, -0.05) is 12.1 Å². The molecule has 0 heterocycles. The number of benzene rings is 2. The van der Waals surface area contributed by atoms with Crippen molar-refractivity contribution in [2.45, 2.75) is 33.8 Å². The largest absolute Gasteiger partial charge is 0.490 e. The Bertz CT molecular complexity index is 893. The quantitative estimate of drug-likeness (QED) is 0.508. The number of carbonyl (C=O) groups excluding carboxylic acids is 3. The van der Waals surface area contributed by atoms with Crippen molar-refractivity contribution in [2.24, 2.45) is 0 Å². The van der Waals surface area contributed by atoms with E-state index < -0.39 is 18.0 Å². The molecule has 0 saturated heterocycles. The number of Topliss-reactive ketones (excluding diaryl/α,β-unsaturated/α-hetero) is 1. The number of hydrogen-bond donors (Lipinski definition) is 1. The maximum absolute atomic E-state index is 12.5. The second kappa shape index (κ2) is 10.3. The van der Waals surface area contributed by atoms with E-state index in [1.54, 1.807) is 36.4 Å². The molecule has 2 rings (SSSR count). The van der Waals surface area contributed by atoms with Crippen molar-refractivity contribution < 1.29 is 28.6 Å². The topological polar surface area (TPSA) is 90.9 Å². The highest BCUT2D eigenvalue weighted by molar-refractivity contribution is 6.05. The highest BCUT2D eigenvalue weighted by Crippen LogP contribution is 2.29. The molecule has 2 aromatic rings. The SMILES string of the molecule is CCOc1ccc(C(=O)OC(C)C(=O)Nc2ccccc2C(C)=O)cc1OCC. The molecule has 0 aromatic heterocycles. The van der Waals surface area contributed by atoms with Gasteiger partial charge in [-0.2, -0.15) is 0 Å². The van der Waals surface area contributed by atoms with Gasteiger partial charge in [0.15, 0.2) is 23.4 Å². The number of carbonyl (C=O) groups is 3. The van der Waals surface area contributed by atoms with Crippen LogP contribution in [0.1, 0.15) is 48.4 Å². The fourth-order valence-corrected chi connectivity index (χ4v) is 2.59. The Labute approximate surface area is 170 Å². The molecule has 29 heavy (non-hydrogen) atoms. The number of esters is 1. The molecule has 1 atom stereocenters. The van der Waals surface area contributed by atoms with Gasteiger partial charge < -0.3 is 19.5 Å². The van der Waals surface area contributed by atoms with Gasteiger partial charge in [0.25, 0.3) is 5.91 Å². The molecule has 0 aliphatic carbocycles. The summed E-state index contributed by atoms with van der Waals surface area (Å²) >= 11 is 0. The zero-order valence-corrected chi connectivity index (χ0v) is 17.0. The third-order valence-corrected chi connectivity index (χ3v) is 4.00. The van der Waals surface area contributed by atoms with Crippen molar-refractivity contribution in [1.29, 1.82) is 0 Å². The normalized spacial score (nSPS) is 11.3. The molecule has 154 valence electrons. The number of rotatable bonds is 9. The maximum atomic E-state index is 12.5. The van der Waals surface area contributed by atoms with Gasteiger partial charge in [0.05, 0.1) is 24.5 Å². The number of nitrogens with one attached hydrogen (secondary N) is 1. The number of ether oxygens (including phenoxy) is 3. The van der Waals surface area contributed by atoms with Gasteiger partial charge in [0, 0.05) is 5.56 Å². The molecule has 7 nitrogen and oxygen atoms in total. The zero-order valence-electron chi connectivity index (χ0n) is 17.0. The summed E-state index contributed by atoms with van der Waals surface area (Å²) in [5.41, 5.74) is 0.987. The van der Waals surface area contributed by atoms with Crippen LogP contribution in [0.25, 0.3) is 0 Å². The van der Waals surface area contributed by atoms with Gasteiger partial charge in [-0.25, -0.2) is 4.79 Å². The molecule has 0 aliphatic heterocycles. The molecule has 0 bridgehead atoms. The summed E-state index contributed by atoms with van der Waals surface area (Å²) in [6.07, 6.45) is -1.07. The Morgan fingerprint density at radius 1 is 0.966 bits per heavy atom. The molecule has 1 unspecified atom stereocenters. The van der Waals surface area contributed by atoms with Gasteiger partial charge in [-0.15, -0.1) is 0 Å². The fourth-order valence-electron chi connectivity index (χ4n) is 2.59. The van der Waals surface area contributed by atoms with Gasteiger partial charge in [0.1, 0.15) is 0 Å². The van der Waals surface area contributed by atoms with E-state index >= 15 is 0 Å². The predicted molar refractivity (Wildman–Crippen MR) is 109 cm³/mol. The van der Waals surface area contributed by atoms with Gasteiger partial charge in [-0.3, -0.25) is 9.59 Å². The lowest BCUT2D eigenvalue weighted by Gasteiger charge is -2.16. The first kappa shape index (κ1) is 21.9. The Morgan fingerprint density at radius 2 is 1.62 bits per heavy atom. The van der Waals surface area contributed by atoms with E-state index in [2.05, 4.69) is 5.32 Å². The van der Waals surface area contributed by atoms with Crippen LogP contribution in [0.3, 0.4) is 0 Å². The summed E-state index contributed by atoms with van der Waals surface area (Å²) in [6.45, 7) is 7.42. The van der Waals surface area contributed by atoms with Crippen LogP contribution < -0.4 is 14.8 Å². The van der Waals surface area contributed by atoms with Crippen LogP contribution >= 0.6 is 0 Å². The van der Waals surface area contributed by atoms with Crippen LogP contribution in [0.2, 0.25) is 0 Å². The Kier molecular flexibility index (Phi) is 7.77. The van der Waals surface area contributed by atoms with Crippen LogP contribution in [0.5, 0.6) is 11.5 Å². The highest BCUT2D eigenvalue weighted by Gasteiger charge is 2.21. The van der Waals surface area contributed by atoms with Gasteiger partial charge >= 0.3 is 5.97 Å². The fraction of sp³-hybridized carbons (Fsp3) is 0.318. The summed E-state index contributed by atoms with van der Waals surface area (Å²) < 4.78 is 16.2. The van der Waals surface area contributed by atoms with E-state index in [0.29, 0.717) is 36.0 Å². The standard InChI is InChI=1S/C22H25NO6/c1-5-27-19-12-11-16(13-20(19)28-6-2)22(26)29-15(4)21(25)23-18-10-8-7-9-17(18)14(3)24/h7-13,15H,5-6H2,1-4H3,(H,23,25). The Hall–Kier alpha value is -3.35. The zero-order chi connectivity index (χ0) is 21.4. The molecule has 0 aliphatic rings. The minimum absolute atomic E-state index is 0.177. The van der Waals surface area contributed by atoms with E-state index in [-0.39, 0.29) is 11.3 Å². The first-order chi connectivity index (χ1) is 13.9.